The molecular formula is C14H19NO2. The Hall–Kier alpha value is -1.35. The minimum absolute atomic E-state index is 0.273. The lowest BCUT2D eigenvalue weighted by molar-refractivity contribution is -0.148. The van der Waals surface area contributed by atoms with Crippen LogP contribution in [0.5, 0.6) is 0 Å². The maximum Gasteiger partial charge on any atom is 0.320 e. The molecule has 0 radical (unpaired) electrons. The van der Waals surface area contributed by atoms with Crippen LogP contribution in [0.25, 0.3) is 0 Å². The standard InChI is InChI=1S/C14H19NO2/c1-2-4-11-5-3-6-12(9-11)10-15-8-7-13(15)14(16)17/h3,5-6,9,13H,2,4,7-8,10H2,1H3,(H,16,17). The van der Waals surface area contributed by atoms with Gasteiger partial charge in [-0.05, 0) is 24.0 Å². The summed E-state index contributed by atoms with van der Waals surface area (Å²) in [6, 6.07) is 8.20. The molecule has 1 unspecified atom stereocenters. The molecule has 1 aliphatic rings. The van der Waals surface area contributed by atoms with Crippen molar-refractivity contribution in [3.05, 3.63) is 35.4 Å². The first-order chi connectivity index (χ1) is 8.20. The van der Waals surface area contributed by atoms with Crippen LogP contribution in [0.2, 0.25) is 0 Å². The molecule has 3 nitrogen and oxygen atoms in total. The van der Waals surface area contributed by atoms with E-state index in [1.807, 2.05) is 4.90 Å². The first-order valence-electron chi connectivity index (χ1n) is 6.25. The van der Waals surface area contributed by atoms with Gasteiger partial charge in [0, 0.05) is 13.1 Å². The third kappa shape index (κ3) is 2.86. The van der Waals surface area contributed by atoms with Crippen molar-refractivity contribution in [3.63, 3.8) is 0 Å². The van der Waals surface area contributed by atoms with Crippen LogP contribution in [-0.2, 0) is 17.8 Å². The Morgan fingerprint density at radius 1 is 1.47 bits per heavy atom. The topological polar surface area (TPSA) is 40.5 Å². The summed E-state index contributed by atoms with van der Waals surface area (Å²) in [6.07, 6.45) is 3.02. The zero-order valence-corrected chi connectivity index (χ0v) is 10.2. The van der Waals surface area contributed by atoms with Crippen LogP contribution < -0.4 is 0 Å². The van der Waals surface area contributed by atoms with Crippen LogP contribution in [0.3, 0.4) is 0 Å². The Morgan fingerprint density at radius 2 is 2.24 bits per heavy atom. The minimum atomic E-state index is -0.694. The van der Waals surface area contributed by atoms with Crippen LogP contribution in [0.1, 0.15) is 30.9 Å². The van der Waals surface area contributed by atoms with E-state index in [1.165, 1.54) is 11.1 Å². The summed E-state index contributed by atoms with van der Waals surface area (Å²) in [5.74, 6) is -0.694. The summed E-state index contributed by atoms with van der Waals surface area (Å²) in [5, 5.41) is 8.98. The third-order valence-corrected chi connectivity index (χ3v) is 3.33. The molecule has 1 heterocycles. The van der Waals surface area contributed by atoms with Gasteiger partial charge >= 0.3 is 5.97 Å². The molecule has 92 valence electrons. The Labute approximate surface area is 102 Å². The number of carboxylic acid groups (broad SMARTS) is 1. The molecule has 2 rings (SSSR count). The van der Waals surface area contributed by atoms with Gasteiger partial charge in [0.15, 0.2) is 0 Å². The monoisotopic (exact) mass is 233 g/mol. The van der Waals surface area contributed by atoms with Crippen LogP contribution in [0.15, 0.2) is 24.3 Å². The SMILES string of the molecule is CCCc1cccc(CN2CCC2C(=O)O)c1. The summed E-state index contributed by atoms with van der Waals surface area (Å²) < 4.78 is 0. The van der Waals surface area contributed by atoms with Crippen molar-refractivity contribution < 1.29 is 9.90 Å². The summed E-state index contributed by atoms with van der Waals surface area (Å²) in [6.45, 7) is 3.83. The van der Waals surface area contributed by atoms with E-state index in [0.29, 0.717) is 0 Å². The van der Waals surface area contributed by atoms with Crippen molar-refractivity contribution in [1.82, 2.24) is 4.90 Å². The second kappa shape index (κ2) is 5.32. The van der Waals surface area contributed by atoms with E-state index in [2.05, 4.69) is 31.2 Å². The smallest absolute Gasteiger partial charge is 0.320 e. The van der Waals surface area contributed by atoms with Crippen molar-refractivity contribution >= 4 is 5.97 Å². The molecule has 0 aliphatic carbocycles. The van der Waals surface area contributed by atoms with Crippen LogP contribution >= 0.6 is 0 Å². The highest BCUT2D eigenvalue weighted by Crippen LogP contribution is 2.21. The van der Waals surface area contributed by atoms with E-state index in [9.17, 15) is 4.79 Å². The lowest BCUT2D eigenvalue weighted by Gasteiger charge is -2.37. The molecule has 1 atom stereocenters. The van der Waals surface area contributed by atoms with E-state index in [0.717, 1.165) is 32.4 Å². The summed E-state index contributed by atoms with van der Waals surface area (Å²) in [7, 11) is 0. The average molecular weight is 233 g/mol. The number of benzene rings is 1. The Bertz CT molecular complexity index is 403. The molecule has 1 N–H and O–H groups in total. The first-order valence-corrected chi connectivity index (χ1v) is 6.25. The summed E-state index contributed by atoms with van der Waals surface area (Å²) in [4.78, 5) is 12.9. The molecule has 1 saturated heterocycles. The zero-order valence-electron chi connectivity index (χ0n) is 10.2. The molecule has 0 bridgehead atoms. The van der Waals surface area contributed by atoms with E-state index in [1.54, 1.807) is 0 Å². The molecule has 1 fully saturated rings. The molecule has 0 spiro atoms. The number of rotatable bonds is 5. The Balaban J connectivity index is 1.99. The highest BCUT2D eigenvalue weighted by molar-refractivity contribution is 5.74. The highest BCUT2D eigenvalue weighted by atomic mass is 16.4. The van der Waals surface area contributed by atoms with E-state index in [-0.39, 0.29) is 6.04 Å². The number of hydrogen-bond donors (Lipinski definition) is 1. The first kappa shape index (κ1) is 12.1. The van der Waals surface area contributed by atoms with Crippen molar-refractivity contribution in [3.8, 4) is 0 Å². The molecule has 0 amide bonds. The lowest BCUT2D eigenvalue weighted by Crippen LogP contribution is -2.51. The van der Waals surface area contributed by atoms with Crippen molar-refractivity contribution in [2.24, 2.45) is 0 Å². The Morgan fingerprint density at radius 3 is 2.82 bits per heavy atom. The second-order valence-electron chi connectivity index (χ2n) is 4.68. The number of hydrogen-bond acceptors (Lipinski definition) is 2. The molecule has 1 aliphatic heterocycles. The van der Waals surface area contributed by atoms with Crippen LogP contribution in [-0.4, -0.2) is 28.6 Å². The lowest BCUT2D eigenvalue weighted by atomic mass is 10.0. The maximum absolute atomic E-state index is 10.9. The predicted molar refractivity (Wildman–Crippen MR) is 66.9 cm³/mol. The highest BCUT2D eigenvalue weighted by Gasteiger charge is 2.33. The van der Waals surface area contributed by atoms with Gasteiger partial charge in [-0.25, -0.2) is 0 Å². The second-order valence-corrected chi connectivity index (χ2v) is 4.68. The van der Waals surface area contributed by atoms with Gasteiger partial charge in [0.05, 0.1) is 0 Å². The summed E-state index contributed by atoms with van der Waals surface area (Å²) in [5.41, 5.74) is 2.57. The van der Waals surface area contributed by atoms with Gasteiger partial charge in [-0.2, -0.15) is 0 Å². The fourth-order valence-electron chi connectivity index (χ4n) is 2.32. The maximum atomic E-state index is 10.9. The van der Waals surface area contributed by atoms with Gasteiger partial charge in [0.2, 0.25) is 0 Å². The van der Waals surface area contributed by atoms with E-state index >= 15 is 0 Å². The molecule has 0 saturated carbocycles. The average Bonchev–Trinajstić information content (AvgIpc) is 2.25. The molecule has 17 heavy (non-hydrogen) atoms. The molecule has 0 aromatic heterocycles. The normalized spacial score (nSPS) is 19.9. The van der Waals surface area contributed by atoms with E-state index in [4.69, 9.17) is 5.11 Å². The molecule has 1 aromatic carbocycles. The van der Waals surface area contributed by atoms with Gasteiger partial charge in [-0.15, -0.1) is 0 Å². The largest absolute Gasteiger partial charge is 0.480 e. The molecule has 3 heteroatoms. The molecule has 1 aromatic rings. The van der Waals surface area contributed by atoms with Crippen molar-refractivity contribution in [2.45, 2.75) is 38.8 Å². The van der Waals surface area contributed by atoms with Crippen LogP contribution in [0, 0.1) is 0 Å². The predicted octanol–water partition coefficient (Wildman–Crippen LogP) is 2.30. The van der Waals surface area contributed by atoms with Gasteiger partial charge in [-0.3, -0.25) is 9.69 Å². The minimum Gasteiger partial charge on any atom is -0.480 e. The summed E-state index contributed by atoms with van der Waals surface area (Å²) >= 11 is 0. The number of aliphatic carboxylic acids is 1. The van der Waals surface area contributed by atoms with Crippen molar-refractivity contribution in [1.29, 1.82) is 0 Å². The van der Waals surface area contributed by atoms with Gasteiger partial charge < -0.3 is 5.11 Å². The number of carboxylic acids is 1. The molecular weight excluding hydrogens is 214 g/mol. The van der Waals surface area contributed by atoms with Gasteiger partial charge in [0.1, 0.15) is 6.04 Å². The fraction of sp³-hybridized carbons (Fsp3) is 0.500. The van der Waals surface area contributed by atoms with Gasteiger partial charge in [-0.1, -0.05) is 37.6 Å². The van der Waals surface area contributed by atoms with Crippen molar-refractivity contribution in [2.75, 3.05) is 6.54 Å². The number of nitrogens with zero attached hydrogens (tertiary/aromatic N) is 1. The van der Waals surface area contributed by atoms with Gasteiger partial charge in [0.25, 0.3) is 0 Å². The quantitative estimate of drug-likeness (QED) is 0.848. The number of aryl methyl sites for hydroxylation is 1. The zero-order chi connectivity index (χ0) is 12.3. The fourth-order valence-corrected chi connectivity index (χ4v) is 2.32. The van der Waals surface area contributed by atoms with E-state index < -0.39 is 5.97 Å². The third-order valence-electron chi connectivity index (χ3n) is 3.33. The van der Waals surface area contributed by atoms with Crippen LogP contribution in [0.4, 0.5) is 0 Å². The Kier molecular flexibility index (Phi) is 3.79. The number of likely N-dealkylation sites (tertiary alicyclic amines) is 1. The number of carbonyl (C=O) groups is 1.